The van der Waals surface area contributed by atoms with Crippen LogP contribution in [0, 0.1) is 5.92 Å². The van der Waals surface area contributed by atoms with Crippen molar-refractivity contribution in [1.29, 1.82) is 0 Å². The first kappa shape index (κ1) is 22.3. The number of β-amino-alcohol motifs (C(OH)–C–C–N with tert-alkyl or cyclic N) is 1. The molecular formula is C22H32N4O4. The van der Waals surface area contributed by atoms with Crippen LogP contribution in [0.3, 0.4) is 0 Å². The Kier molecular flexibility index (Phi) is 8.67. The van der Waals surface area contributed by atoms with Crippen LogP contribution in [-0.2, 0) is 22.6 Å². The fraction of sp³-hybridized carbons (Fsp3) is 0.545. The van der Waals surface area contributed by atoms with Crippen LogP contribution in [0.25, 0.3) is 0 Å². The Morgan fingerprint density at radius 1 is 1.37 bits per heavy atom. The number of aromatic nitrogens is 2. The zero-order valence-electron chi connectivity index (χ0n) is 17.6. The minimum absolute atomic E-state index is 0.0176. The molecule has 1 aliphatic rings. The van der Waals surface area contributed by atoms with E-state index in [1.54, 1.807) is 6.20 Å². The van der Waals surface area contributed by atoms with Gasteiger partial charge in [-0.15, -0.1) is 0 Å². The molecule has 2 N–H and O–H groups in total. The molecule has 2 heterocycles. The van der Waals surface area contributed by atoms with Gasteiger partial charge < -0.3 is 29.4 Å². The Morgan fingerprint density at radius 2 is 2.20 bits per heavy atom. The van der Waals surface area contributed by atoms with Crippen molar-refractivity contribution in [3.05, 3.63) is 48.5 Å². The van der Waals surface area contributed by atoms with Crippen LogP contribution in [0.1, 0.15) is 18.4 Å². The van der Waals surface area contributed by atoms with Gasteiger partial charge in [0.05, 0.1) is 19.4 Å². The van der Waals surface area contributed by atoms with Crippen molar-refractivity contribution in [1.82, 2.24) is 19.8 Å². The number of hydrogen-bond donors (Lipinski definition) is 2. The molecule has 8 heteroatoms. The molecule has 8 nitrogen and oxygen atoms in total. The molecule has 1 atom stereocenters. The maximum Gasteiger partial charge on any atom is 0.308 e. The quantitative estimate of drug-likeness (QED) is 0.422. The van der Waals surface area contributed by atoms with Gasteiger partial charge >= 0.3 is 5.97 Å². The second-order valence-corrected chi connectivity index (χ2v) is 7.69. The van der Waals surface area contributed by atoms with E-state index in [-0.39, 0.29) is 18.5 Å². The highest BCUT2D eigenvalue weighted by Crippen LogP contribution is 2.19. The summed E-state index contributed by atoms with van der Waals surface area (Å²) >= 11 is 0. The topological polar surface area (TPSA) is 88.9 Å². The summed E-state index contributed by atoms with van der Waals surface area (Å²) in [5.41, 5.74) is 1.14. The number of carbonyl (C=O) groups is 1. The molecule has 0 saturated carbocycles. The monoisotopic (exact) mass is 416 g/mol. The summed E-state index contributed by atoms with van der Waals surface area (Å²) in [5, 5.41) is 13.7. The highest BCUT2D eigenvalue weighted by molar-refractivity contribution is 5.72. The first-order chi connectivity index (χ1) is 14.6. The molecule has 0 bridgehead atoms. The van der Waals surface area contributed by atoms with Crippen LogP contribution >= 0.6 is 0 Å². The molecule has 164 valence electrons. The van der Waals surface area contributed by atoms with E-state index in [1.165, 1.54) is 7.11 Å². The highest BCUT2D eigenvalue weighted by atomic mass is 16.5. The molecule has 1 aromatic heterocycles. The Balaban J connectivity index is 1.34. The Bertz CT molecular complexity index is 760. The molecule has 3 rings (SSSR count). The number of piperidine rings is 1. The van der Waals surface area contributed by atoms with Crippen molar-refractivity contribution >= 4 is 5.97 Å². The molecule has 1 saturated heterocycles. The molecule has 1 fully saturated rings. The number of aliphatic hydroxyl groups is 1. The van der Waals surface area contributed by atoms with Crippen LogP contribution in [0.15, 0.2) is 43.0 Å². The summed E-state index contributed by atoms with van der Waals surface area (Å²) in [5.74, 6) is 0.609. The average Bonchev–Trinajstić information content (AvgIpc) is 3.29. The van der Waals surface area contributed by atoms with Crippen molar-refractivity contribution < 1.29 is 19.4 Å². The van der Waals surface area contributed by atoms with Crippen molar-refractivity contribution in [2.24, 2.45) is 5.92 Å². The van der Waals surface area contributed by atoms with E-state index in [2.05, 4.69) is 21.3 Å². The molecule has 2 aromatic rings. The maximum atomic E-state index is 11.6. The number of esters is 1. The van der Waals surface area contributed by atoms with Gasteiger partial charge in [0.2, 0.25) is 0 Å². The molecule has 0 aliphatic carbocycles. The largest absolute Gasteiger partial charge is 0.491 e. The number of aliphatic hydroxyl groups excluding tert-OH is 1. The van der Waals surface area contributed by atoms with Crippen LogP contribution in [0.2, 0.25) is 0 Å². The molecule has 0 amide bonds. The lowest BCUT2D eigenvalue weighted by atomic mass is 9.97. The first-order valence-corrected chi connectivity index (χ1v) is 10.5. The highest BCUT2D eigenvalue weighted by Gasteiger charge is 2.26. The summed E-state index contributed by atoms with van der Waals surface area (Å²) in [4.78, 5) is 17.8. The lowest BCUT2D eigenvalue weighted by molar-refractivity contribution is -0.147. The summed E-state index contributed by atoms with van der Waals surface area (Å²) in [6.07, 6.45) is 6.51. The predicted molar refractivity (Wildman–Crippen MR) is 113 cm³/mol. The van der Waals surface area contributed by atoms with Gasteiger partial charge in [0.15, 0.2) is 0 Å². The van der Waals surface area contributed by atoms with Crippen LogP contribution in [-0.4, -0.2) is 71.5 Å². The van der Waals surface area contributed by atoms with E-state index < -0.39 is 6.10 Å². The molecular weight excluding hydrogens is 384 g/mol. The number of benzene rings is 1. The molecule has 1 aromatic carbocycles. The zero-order chi connectivity index (χ0) is 21.2. The Labute approximate surface area is 177 Å². The van der Waals surface area contributed by atoms with Gasteiger partial charge in [0.25, 0.3) is 0 Å². The summed E-state index contributed by atoms with van der Waals surface area (Å²) in [6, 6.07) is 7.92. The number of nitrogens with one attached hydrogen (secondary N) is 1. The van der Waals surface area contributed by atoms with Gasteiger partial charge in [-0.05, 0) is 43.6 Å². The van der Waals surface area contributed by atoms with Gasteiger partial charge in [-0.3, -0.25) is 4.79 Å². The van der Waals surface area contributed by atoms with E-state index in [1.807, 2.05) is 35.3 Å². The summed E-state index contributed by atoms with van der Waals surface area (Å²) < 4.78 is 12.7. The van der Waals surface area contributed by atoms with Crippen molar-refractivity contribution in [3.63, 3.8) is 0 Å². The lowest BCUT2D eigenvalue weighted by Crippen LogP contribution is -2.42. The van der Waals surface area contributed by atoms with E-state index >= 15 is 0 Å². The van der Waals surface area contributed by atoms with Gasteiger partial charge in [0, 0.05) is 38.6 Å². The third-order valence-corrected chi connectivity index (χ3v) is 5.37. The van der Waals surface area contributed by atoms with Crippen molar-refractivity contribution in [2.45, 2.75) is 32.0 Å². The molecule has 30 heavy (non-hydrogen) atoms. The van der Waals surface area contributed by atoms with Gasteiger partial charge in [0.1, 0.15) is 18.5 Å². The van der Waals surface area contributed by atoms with E-state index in [9.17, 15) is 9.90 Å². The van der Waals surface area contributed by atoms with Crippen LogP contribution in [0.5, 0.6) is 5.75 Å². The number of hydrogen-bond acceptors (Lipinski definition) is 7. The average molecular weight is 417 g/mol. The number of nitrogens with zero attached hydrogens (tertiary/aromatic N) is 3. The minimum Gasteiger partial charge on any atom is -0.491 e. The second-order valence-electron chi connectivity index (χ2n) is 7.69. The number of likely N-dealkylation sites (tertiary alicyclic amines) is 1. The van der Waals surface area contributed by atoms with Crippen molar-refractivity contribution in [3.8, 4) is 5.75 Å². The first-order valence-electron chi connectivity index (χ1n) is 10.5. The van der Waals surface area contributed by atoms with Crippen LogP contribution < -0.4 is 10.1 Å². The minimum atomic E-state index is -0.573. The second kappa shape index (κ2) is 11.7. The number of ether oxygens (including phenoxy) is 2. The van der Waals surface area contributed by atoms with E-state index in [0.717, 1.165) is 56.9 Å². The number of carbonyl (C=O) groups excluding carboxylic acids is 1. The fourth-order valence-corrected chi connectivity index (χ4v) is 3.67. The predicted octanol–water partition coefficient (Wildman–Crippen LogP) is 1.30. The maximum absolute atomic E-state index is 11.6. The third-order valence-electron chi connectivity index (χ3n) is 5.37. The lowest BCUT2D eigenvalue weighted by Gasteiger charge is -2.31. The van der Waals surface area contributed by atoms with Crippen molar-refractivity contribution in [2.75, 3.05) is 39.9 Å². The standard InChI is InChI=1S/C22H32N4O4/c1-29-22(28)19-5-9-25(10-6-19)15-20(27)16-30-21-4-2-3-18(13-21)14-23-7-11-26-12-8-24-17-26/h2-4,8,12-13,17,19-20,23,27H,5-7,9-11,14-16H2,1H3. The number of rotatable bonds is 11. The number of methoxy groups -OCH3 is 1. The summed E-state index contributed by atoms with van der Waals surface area (Å²) in [6.45, 7) is 4.85. The van der Waals surface area contributed by atoms with Crippen LogP contribution in [0.4, 0.5) is 0 Å². The smallest absolute Gasteiger partial charge is 0.308 e. The third kappa shape index (κ3) is 7.12. The Hall–Kier alpha value is -2.42. The van der Waals surface area contributed by atoms with Gasteiger partial charge in [-0.25, -0.2) is 4.98 Å². The van der Waals surface area contributed by atoms with Gasteiger partial charge in [-0.1, -0.05) is 12.1 Å². The summed E-state index contributed by atoms with van der Waals surface area (Å²) in [7, 11) is 1.43. The normalized spacial score (nSPS) is 16.3. The molecule has 1 aliphatic heterocycles. The molecule has 0 spiro atoms. The van der Waals surface area contributed by atoms with E-state index in [4.69, 9.17) is 9.47 Å². The zero-order valence-corrected chi connectivity index (χ0v) is 17.6. The Morgan fingerprint density at radius 3 is 2.93 bits per heavy atom. The SMILES string of the molecule is COC(=O)C1CCN(CC(O)COc2cccc(CNCCn3ccnc3)c2)CC1. The van der Waals surface area contributed by atoms with E-state index in [0.29, 0.717) is 6.54 Å². The fourth-order valence-electron chi connectivity index (χ4n) is 3.67. The molecule has 1 unspecified atom stereocenters. The van der Waals surface area contributed by atoms with Gasteiger partial charge in [-0.2, -0.15) is 0 Å². The molecule has 0 radical (unpaired) electrons. The number of imidazole rings is 1.